The first kappa shape index (κ1) is 12.5. The van der Waals surface area contributed by atoms with Crippen molar-refractivity contribution in [3.63, 3.8) is 0 Å². The molecule has 1 aromatic rings. The number of allylic oxidation sites excluding steroid dienone is 1. The number of hydrogen-bond donors (Lipinski definition) is 0. The van der Waals surface area contributed by atoms with Crippen LogP contribution < -0.4 is 4.90 Å². The molecule has 0 N–H and O–H groups in total. The smallest absolute Gasteiger partial charge is 0.277 e. The van der Waals surface area contributed by atoms with Crippen molar-refractivity contribution in [1.29, 1.82) is 0 Å². The number of hydrogen-bond acceptors (Lipinski definition) is 3. The highest BCUT2D eigenvalue weighted by molar-refractivity contribution is 6.06. The van der Waals surface area contributed by atoms with Crippen LogP contribution in [0.4, 0.5) is 5.69 Å². The van der Waals surface area contributed by atoms with Gasteiger partial charge in [-0.3, -0.25) is 9.69 Å². The molecule has 4 heteroatoms. The van der Waals surface area contributed by atoms with Gasteiger partial charge in [0.25, 0.3) is 5.91 Å². The van der Waals surface area contributed by atoms with Crippen LogP contribution in [0.5, 0.6) is 0 Å². The van der Waals surface area contributed by atoms with Crippen molar-refractivity contribution in [2.75, 3.05) is 32.7 Å². The lowest BCUT2D eigenvalue weighted by atomic mass is 10.2. The minimum Gasteiger partial charge on any atom is -0.372 e. The summed E-state index contributed by atoms with van der Waals surface area (Å²) in [5.74, 6) is 0.0572. The molecule has 0 saturated carbocycles. The van der Waals surface area contributed by atoms with Crippen molar-refractivity contribution in [2.24, 2.45) is 0 Å². The monoisotopic (exact) mass is 245 g/mol. The van der Waals surface area contributed by atoms with Crippen LogP contribution >= 0.6 is 0 Å². The Morgan fingerprint density at radius 2 is 1.78 bits per heavy atom. The van der Waals surface area contributed by atoms with Crippen molar-refractivity contribution >= 4 is 11.6 Å². The zero-order valence-corrected chi connectivity index (χ0v) is 11.3. The van der Waals surface area contributed by atoms with Gasteiger partial charge in [0.2, 0.25) is 0 Å². The summed E-state index contributed by atoms with van der Waals surface area (Å²) >= 11 is 0. The molecule has 96 valence electrons. The molecule has 0 fully saturated rings. The fraction of sp³-hybridized carbons (Fsp3) is 0.357. The number of carbonyl (C=O) groups is 1. The molecule has 0 spiro atoms. The van der Waals surface area contributed by atoms with Gasteiger partial charge < -0.3 is 9.80 Å². The van der Waals surface area contributed by atoms with Crippen molar-refractivity contribution in [3.8, 4) is 0 Å². The second kappa shape index (κ2) is 4.72. The highest BCUT2D eigenvalue weighted by Crippen LogP contribution is 2.24. The Balaban J connectivity index is 2.41. The molecule has 0 aliphatic carbocycles. The van der Waals surface area contributed by atoms with E-state index in [4.69, 9.17) is 0 Å². The first-order chi connectivity index (χ1) is 8.52. The number of para-hydroxylation sites is 1. The molecule has 1 aliphatic rings. The molecule has 18 heavy (non-hydrogen) atoms. The van der Waals surface area contributed by atoms with Crippen LogP contribution in [0.15, 0.2) is 41.7 Å². The summed E-state index contributed by atoms with van der Waals surface area (Å²) < 4.78 is 0. The molecule has 0 radical (unpaired) electrons. The second-order valence-corrected chi connectivity index (χ2v) is 4.74. The maximum Gasteiger partial charge on any atom is 0.277 e. The van der Waals surface area contributed by atoms with Gasteiger partial charge >= 0.3 is 0 Å². The fourth-order valence-corrected chi connectivity index (χ4v) is 2.17. The molecular weight excluding hydrogens is 226 g/mol. The fourth-order valence-electron chi connectivity index (χ4n) is 2.17. The first-order valence-electron chi connectivity index (χ1n) is 5.98. The summed E-state index contributed by atoms with van der Waals surface area (Å²) in [5, 5.41) is 0. The molecule has 4 nitrogen and oxygen atoms in total. The maximum atomic E-state index is 12.5. The number of carbonyl (C=O) groups excluding carboxylic acids is 1. The molecule has 0 unspecified atom stereocenters. The van der Waals surface area contributed by atoms with E-state index < -0.39 is 0 Å². The molecule has 0 saturated heterocycles. The van der Waals surface area contributed by atoms with E-state index >= 15 is 0 Å². The van der Waals surface area contributed by atoms with E-state index in [9.17, 15) is 4.79 Å². The van der Waals surface area contributed by atoms with E-state index in [1.807, 2.05) is 63.3 Å². The largest absolute Gasteiger partial charge is 0.372 e. The van der Waals surface area contributed by atoms with Gasteiger partial charge in [0.15, 0.2) is 0 Å². The predicted molar refractivity (Wildman–Crippen MR) is 72.9 cm³/mol. The van der Waals surface area contributed by atoms with E-state index in [2.05, 4.69) is 4.90 Å². The standard InChI is InChI=1S/C14H19N3O/c1-11-13(15(2)3)14(18)17(10-16(11)4)12-8-6-5-7-9-12/h5-9H,10H2,1-4H3. The summed E-state index contributed by atoms with van der Waals surface area (Å²) in [6.45, 7) is 2.57. The predicted octanol–water partition coefficient (Wildman–Crippen LogP) is 1.72. The number of rotatable bonds is 2. The van der Waals surface area contributed by atoms with E-state index in [1.165, 1.54) is 0 Å². The number of nitrogens with zero attached hydrogens (tertiary/aromatic N) is 3. The Labute approximate surface area is 108 Å². The molecule has 1 aliphatic heterocycles. The Hall–Kier alpha value is -1.97. The molecule has 2 rings (SSSR count). The van der Waals surface area contributed by atoms with Crippen molar-refractivity contribution in [1.82, 2.24) is 9.80 Å². The lowest BCUT2D eigenvalue weighted by molar-refractivity contribution is -0.117. The Kier molecular flexibility index (Phi) is 3.28. The van der Waals surface area contributed by atoms with E-state index in [1.54, 1.807) is 4.90 Å². The number of amides is 1. The van der Waals surface area contributed by atoms with Crippen LogP contribution in [0.25, 0.3) is 0 Å². The summed E-state index contributed by atoms with van der Waals surface area (Å²) in [7, 11) is 5.80. The quantitative estimate of drug-likeness (QED) is 0.793. The van der Waals surface area contributed by atoms with Crippen LogP contribution in [0.3, 0.4) is 0 Å². The lowest BCUT2D eigenvalue weighted by Gasteiger charge is -2.38. The van der Waals surface area contributed by atoms with Crippen LogP contribution in [0.1, 0.15) is 6.92 Å². The van der Waals surface area contributed by atoms with Crippen LogP contribution in [-0.2, 0) is 4.79 Å². The van der Waals surface area contributed by atoms with Crippen LogP contribution in [-0.4, -0.2) is 43.5 Å². The van der Waals surface area contributed by atoms with E-state index in [0.717, 1.165) is 17.1 Å². The topological polar surface area (TPSA) is 26.8 Å². The minimum atomic E-state index is 0.0572. The number of benzene rings is 1. The van der Waals surface area contributed by atoms with E-state index in [-0.39, 0.29) is 5.91 Å². The first-order valence-corrected chi connectivity index (χ1v) is 5.98. The van der Waals surface area contributed by atoms with Gasteiger partial charge in [0.05, 0.1) is 6.67 Å². The van der Waals surface area contributed by atoms with Gasteiger partial charge in [-0.2, -0.15) is 0 Å². The lowest BCUT2D eigenvalue weighted by Crippen LogP contribution is -2.48. The maximum absolute atomic E-state index is 12.5. The Morgan fingerprint density at radius 3 is 2.33 bits per heavy atom. The summed E-state index contributed by atoms with van der Waals surface area (Å²) in [4.78, 5) is 18.3. The highest BCUT2D eigenvalue weighted by atomic mass is 16.2. The molecule has 0 bridgehead atoms. The molecule has 0 aromatic heterocycles. The molecule has 1 amide bonds. The summed E-state index contributed by atoms with van der Waals surface area (Å²) in [6.07, 6.45) is 0. The van der Waals surface area contributed by atoms with Gasteiger partial charge in [-0.05, 0) is 19.1 Å². The number of likely N-dealkylation sites (N-methyl/N-ethyl adjacent to an activating group) is 1. The second-order valence-electron chi connectivity index (χ2n) is 4.74. The molecule has 0 atom stereocenters. The Morgan fingerprint density at radius 1 is 1.17 bits per heavy atom. The van der Waals surface area contributed by atoms with Crippen molar-refractivity contribution in [2.45, 2.75) is 6.92 Å². The third-order valence-electron chi connectivity index (χ3n) is 3.23. The summed E-state index contributed by atoms with van der Waals surface area (Å²) in [6, 6.07) is 9.77. The van der Waals surface area contributed by atoms with Gasteiger partial charge in [0.1, 0.15) is 5.70 Å². The van der Waals surface area contributed by atoms with Crippen LogP contribution in [0.2, 0.25) is 0 Å². The van der Waals surface area contributed by atoms with Crippen molar-refractivity contribution in [3.05, 3.63) is 41.7 Å². The zero-order valence-electron chi connectivity index (χ0n) is 11.3. The average molecular weight is 245 g/mol. The molecular formula is C14H19N3O. The van der Waals surface area contributed by atoms with Gasteiger partial charge in [-0.15, -0.1) is 0 Å². The Bertz CT molecular complexity index is 479. The zero-order chi connectivity index (χ0) is 13.3. The third-order valence-corrected chi connectivity index (χ3v) is 3.23. The normalized spacial score (nSPS) is 16.3. The summed E-state index contributed by atoms with van der Waals surface area (Å²) in [5.41, 5.74) is 2.69. The van der Waals surface area contributed by atoms with Crippen molar-refractivity contribution < 1.29 is 4.79 Å². The molecule has 1 heterocycles. The van der Waals surface area contributed by atoms with Gasteiger partial charge in [0, 0.05) is 32.5 Å². The van der Waals surface area contributed by atoms with Crippen LogP contribution in [0, 0.1) is 0 Å². The highest BCUT2D eigenvalue weighted by Gasteiger charge is 2.30. The van der Waals surface area contributed by atoms with Gasteiger partial charge in [-0.25, -0.2) is 0 Å². The molecule has 1 aromatic carbocycles. The number of anilines is 1. The average Bonchev–Trinajstić information content (AvgIpc) is 2.34. The third kappa shape index (κ3) is 2.06. The van der Waals surface area contributed by atoms with Gasteiger partial charge in [-0.1, -0.05) is 18.2 Å². The van der Waals surface area contributed by atoms with E-state index in [0.29, 0.717) is 6.67 Å². The minimum absolute atomic E-state index is 0.0572. The SMILES string of the molecule is CC1=C(N(C)C)C(=O)N(c2ccccc2)CN1C.